The number of aromatic nitrogens is 1. The molecule has 1 amide bonds. The van der Waals surface area contributed by atoms with Gasteiger partial charge in [-0.05, 0) is 19.1 Å². The van der Waals surface area contributed by atoms with E-state index in [4.69, 9.17) is 5.11 Å². The van der Waals surface area contributed by atoms with Crippen molar-refractivity contribution in [3.63, 3.8) is 0 Å². The highest BCUT2D eigenvalue weighted by molar-refractivity contribution is 7.17. The van der Waals surface area contributed by atoms with Crippen molar-refractivity contribution in [1.29, 1.82) is 0 Å². The molecule has 2 aromatic rings. The molecule has 1 heterocycles. The van der Waals surface area contributed by atoms with Crippen LogP contribution < -0.4 is 5.32 Å². The lowest BCUT2D eigenvalue weighted by Gasteiger charge is -2.15. The third kappa shape index (κ3) is 3.14. The first kappa shape index (κ1) is 15.4. The van der Waals surface area contributed by atoms with Crippen molar-refractivity contribution in [2.75, 3.05) is 5.32 Å². The van der Waals surface area contributed by atoms with E-state index in [0.717, 1.165) is 16.9 Å². The molecule has 1 atom stereocenters. The van der Waals surface area contributed by atoms with Crippen LogP contribution in [0.1, 0.15) is 37.7 Å². The molecule has 0 spiro atoms. The lowest BCUT2D eigenvalue weighted by atomic mass is 9.90. The number of amides is 1. The van der Waals surface area contributed by atoms with Crippen molar-refractivity contribution in [3.8, 4) is 0 Å². The third-order valence-corrected chi connectivity index (χ3v) is 4.73. The van der Waals surface area contributed by atoms with Crippen LogP contribution in [0.3, 0.4) is 0 Å². The number of hydrogen-bond acceptors (Lipinski definition) is 5. The number of thiazole rings is 1. The number of rotatable bonds is 3. The van der Waals surface area contributed by atoms with Crippen molar-refractivity contribution in [2.45, 2.75) is 19.8 Å². The maximum atomic E-state index is 12.2. The Labute approximate surface area is 136 Å². The normalized spacial score (nSPS) is 16.7. The Bertz CT molecular complexity index is 812. The highest BCUT2D eigenvalue weighted by atomic mass is 32.1. The van der Waals surface area contributed by atoms with Gasteiger partial charge in [0.15, 0.2) is 10.9 Å². The van der Waals surface area contributed by atoms with E-state index < -0.39 is 11.9 Å². The second-order valence-electron chi connectivity index (χ2n) is 5.49. The molecule has 1 aromatic heterocycles. The highest BCUT2D eigenvalue weighted by Gasteiger charge is 2.33. The Kier molecular flexibility index (Phi) is 3.96. The maximum Gasteiger partial charge on any atom is 0.307 e. The highest BCUT2D eigenvalue weighted by Crippen LogP contribution is 2.32. The number of ketones is 1. The molecule has 1 aromatic carbocycles. The first-order chi connectivity index (χ1) is 10.9. The van der Waals surface area contributed by atoms with Gasteiger partial charge in [0.2, 0.25) is 0 Å². The number of benzene rings is 1. The maximum absolute atomic E-state index is 12.2. The SMILES string of the molecule is Cc1cccc(C(=O)Nc2nc3c(s2)C(=O)C[C@H](C(=O)O)C3)c1. The molecule has 118 valence electrons. The molecule has 1 aliphatic rings. The molecule has 23 heavy (non-hydrogen) atoms. The number of nitrogens with one attached hydrogen (secondary N) is 1. The van der Waals surface area contributed by atoms with Crippen molar-refractivity contribution >= 4 is 34.1 Å². The number of anilines is 1. The third-order valence-electron chi connectivity index (χ3n) is 3.67. The Morgan fingerprint density at radius 2 is 2.13 bits per heavy atom. The Morgan fingerprint density at radius 1 is 1.35 bits per heavy atom. The van der Waals surface area contributed by atoms with Gasteiger partial charge in [-0.15, -0.1) is 0 Å². The van der Waals surface area contributed by atoms with E-state index in [9.17, 15) is 14.4 Å². The van der Waals surface area contributed by atoms with Crippen LogP contribution in [0.4, 0.5) is 5.13 Å². The van der Waals surface area contributed by atoms with E-state index in [1.165, 1.54) is 0 Å². The van der Waals surface area contributed by atoms with Crippen LogP contribution in [-0.4, -0.2) is 27.8 Å². The fourth-order valence-electron chi connectivity index (χ4n) is 2.51. The molecule has 0 aliphatic heterocycles. The molecule has 0 fully saturated rings. The van der Waals surface area contributed by atoms with Crippen molar-refractivity contribution < 1.29 is 19.5 Å². The standard InChI is InChI=1S/C16H14N2O4S/c1-8-3-2-4-9(5-8)14(20)18-16-17-11-6-10(15(21)22)7-12(19)13(11)23-16/h2-5,10H,6-7H2,1H3,(H,21,22)(H,17,18,20)/t10-/m1/s1. The van der Waals surface area contributed by atoms with Gasteiger partial charge in [-0.3, -0.25) is 19.7 Å². The van der Waals surface area contributed by atoms with Crippen LogP contribution in [0.15, 0.2) is 24.3 Å². The van der Waals surface area contributed by atoms with Gasteiger partial charge in [0.1, 0.15) is 0 Å². The minimum absolute atomic E-state index is 0.0181. The number of carbonyl (C=O) groups excluding carboxylic acids is 2. The summed E-state index contributed by atoms with van der Waals surface area (Å²) in [5.41, 5.74) is 1.93. The number of aliphatic carboxylic acids is 1. The van der Waals surface area contributed by atoms with Gasteiger partial charge in [-0.25, -0.2) is 4.98 Å². The van der Waals surface area contributed by atoms with E-state index in [0.29, 0.717) is 21.3 Å². The monoisotopic (exact) mass is 330 g/mol. The van der Waals surface area contributed by atoms with Gasteiger partial charge >= 0.3 is 5.97 Å². The van der Waals surface area contributed by atoms with E-state index in [2.05, 4.69) is 10.3 Å². The number of carboxylic acids is 1. The predicted octanol–water partition coefficient (Wildman–Crippen LogP) is 2.53. The minimum atomic E-state index is -0.998. The van der Waals surface area contributed by atoms with E-state index in [1.54, 1.807) is 18.2 Å². The molecule has 2 N–H and O–H groups in total. The number of carbonyl (C=O) groups is 3. The molecule has 0 saturated carbocycles. The lowest BCUT2D eigenvalue weighted by Crippen LogP contribution is -2.25. The van der Waals surface area contributed by atoms with Crippen LogP contribution in [0.25, 0.3) is 0 Å². The van der Waals surface area contributed by atoms with Crippen LogP contribution in [0.2, 0.25) is 0 Å². The zero-order valence-electron chi connectivity index (χ0n) is 12.3. The summed E-state index contributed by atoms with van der Waals surface area (Å²) in [5, 5.41) is 12.1. The number of hydrogen-bond donors (Lipinski definition) is 2. The van der Waals surface area contributed by atoms with Gasteiger partial charge in [0, 0.05) is 18.4 Å². The quantitative estimate of drug-likeness (QED) is 0.901. The number of Topliss-reactive ketones (excluding diaryl/α,β-unsaturated/α-hetero) is 1. The second kappa shape index (κ2) is 5.92. The summed E-state index contributed by atoms with van der Waals surface area (Å²) < 4.78 is 0. The Morgan fingerprint density at radius 3 is 2.83 bits per heavy atom. The smallest absolute Gasteiger partial charge is 0.307 e. The zero-order valence-corrected chi connectivity index (χ0v) is 13.1. The number of aryl methyl sites for hydroxylation is 1. The summed E-state index contributed by atoms with van der Waals surface area (Å²) in [7, 11) is 0. The molecule has 0 radical (unpaired) electrons. The summed E-state index contributed by atoms with van der Waals surface area (Å²) >= 11 is 1.10. The molecular weight excluding hydrogens is 316 g/mol. The molecule has 3 rings (SSSR count). The van der Waals surface area contributed by atoms with Gasteiger partial charge in [0.25, 0.3) is 5.91 Å². The largest absolute Gasteiger partial charge is 0.481 e. The van der Waals surface area contributed by atoms with Gasteiger partial charge in [-0.2, -0.15) is 0 Å². The number of fused-ring (bicyclic) bond motifs is 1. The fourth-order valence-corrected chi connectivity index (χ4v) is 3.45. The van der Waals surface area contributed by atoms with Gasteiger partial charge in [-0.1, -0.05) is 29.0 Å². The van der Waals surface area contributed by atoms with Crippen molar-refractivity contribution in [1.82, 2.24) is 4.98 Å². The van der Waals surface area contributed by atoms with E-state index in [-0.39, 0.29) is 24.5 Å². The average Bonchev–Trinajstić information content (AvgIpc) is 2.90. The molecule has 1 aliphatic carbocycles. The molecular formula is C16H14N2O4S. The fraction of sp³-hybridized carbons (Fsp3) is 0.250. The Balaban J connectivity index is 1.81. The molecule has 0 bridgehead atoms. The van der Waals surface area contributed by atoms with Crippen LogP contribution in [-0.2, 0) is 11.2 Å². The summed E-state index contributed by atoms with van der Waals surface area (Å²) in [5.74, 6) is -2.27. The first-order valence-corrected chi connectivity index (χ1v) is 7.89. The molecule has 6 nitrogen and oxygen atoms in total. The molecule has 0 saturated heterocycles. The van der Waals surface area contributed by atoms with Gasteiger partial charge in [0.05, 0.1) is 16.5 Å². The topological polar surface area (TPSA) is 96.4 Å². The zero-order chi connectivity index (χ0) is 16.6. The Hall–Kier alpha value is -2.54. The molecule has 0 unspecified atom stereocenters. The molecule has 7 heteroatoms. The van der Waals surface area contributed by atoms with Crippen molar-refractivity contribution in [3.05, 3.63) is 46.0 Å². The second-order valence-corrected chi connectivity index (χ2v) is 6.48. The minimum Gasteiger partial charge on any atom is -0.481 e. The summed E-state index contributed by atoms with van der Waals surface area (Å²) in [4.78, 5) is 40.0. The van der Waals surface area contributed by atoms with E-state index in [1.807, 2.05) is 13.0 Å². The van der Waals surface area contributed by atoms with Crippen LogP contribution >= 0.6 is 11.3 Å². The van der Waals surface area contributed by atoms with Crippen LogP contribution in [0.5, 0.6) is 0 Å². The van der Waals surface area contributed by atoms with Crippen LogP contribution in [0, 0.1) is 12.8 Å². The summed E-state index contributed by atoms with van der Waals surface area (Å²) in [6, 6.07) is 7.14. The number of carboxylic acid groups (broad SMARTS) is 1. The lowest BCUT2D eigenvalue weighted by molar-refractivity contribution is -0.141. The predicted molar refractivity (Wildman–Crippen MR) is 85.0 cm³/mol. The number of nitrogens with zero attached hydrogens (tertiary/aromatic N) is 1. The summed E-state index contributed by atoms with van der Waals surface area (Å²) in [6.07, 6.45) is 0.197. The first-order valence-electron chi connectivity index (χ1n) is 7.08. The average molecular weight is 330 g/mol. The van der Waals surface area contributed by atoms with Gasteiger partial charge < -0.3 is 5.11 Å². The van der Waals surface area contributed by atoms with Crippen molar-refractivity contribution in [2.24, 2.45) is 5.92 Å². The van der Waals surface area contributed by atoms with E-state index >= 15 is 0 Å². The summed E-state index contributed by atoms with van der Waals surface area (Å²) in [6.45, 7) is 1.89.